The summed E-state index contributed by atoms with van der Waals surface area (Å²) in [5, 5.41) is 11.0. The third-order valence-corrected chi connectivity index (χ3v) is 3.75. The van der Waals surface area contributed by atoms with Crippen molar-refractivity contribution >= 4 is 28.4 Å². The summed E-state index contributed by atoms with van der Waals surface area (Å²) in [6, 6.07) is 5.49. The van der Waals surface area contributed by atoms with E-state index in [1.54, 1.807) is 11.0 Å². The van der Waals surface area contributed by atoms with E-state index in [-0.39, 0.29) is 19.1 Å². The molecule has 0 bridgehead atoms. The van der Waals surface area contributed by atoms with E-state index >= 15 is 0 Å². The first-order valence-corrected chi connectivity index (χ1v) is 7.14. The fourth-order valence-electron chi connectivity index (χ4n) is 2.42. The van der Waals surface area contributed by atoms with E-state index in [4.69, 9.17) is 11.6 Å². The second kappa shape index (κ2) is 6.29. The van der Waals surface area contributed by atoms with Crippen molar-refractivity contribution in [2.75, 3.05) is 13.1 Å². The minimum atomic E-state index is -0.0510. The molecule has 5 heteroatoms. The van der Waals surface area contributed by atoms with Crippen molar-refractivity contribution in [3.63, 3.8) is 0 Å². The smallest absolute Gasteiger partial charge is 0.242 e. The highest BCUT2D eigenvalue weighted by Gasteiger charge is 2.14. The van der Waals surface area contributed by atoms with E-state index in [0.717, 1.165) is 16.5 Å². The topological polar surface area (TPSA) is 45.5 Å². The molecule has 20 heavy (non-hydrogen) atoms. The van der Waals surface area contributed by atoms with Gasteiger partial charge in [0.1, 0.15) is 6.54 Å². The van der Waals surface area contributed by atoms with Crippen LogP contribution in [0.15, 0.2) is 24.4 Å². The molecule has 0 unspecified atom stereocenters. The Hall–Kier alpha value is -1.52. The molecule has 0 aliphatic carbocycles. The molecule has 0 spiro atoms. The average Bonchev–Trinajstić information content (AvgIpc) is 2.77. The van der Waals surface area contributed by atoms with Crippen molar-refractivity contribution in [1.29, 1.82) is 0 Å². The lowest BCUT2D eigenvalue weighted by atomic mass is 10.2. The van der Waals surface area contributed by atoms with Gasteiger partial charge in [0.25, 0.3) is 0 Å². The molecular weight excluding hydrogens is 276 g/mol. The number of nitrogens with zero attached hydrogens (tertiary/aromatic N) is 2. The van der Waals surface area contributed by atoms with Crippen molar-refractivity contribution < 1.29 is 9.90 Å². The zero-order valence-electron chi connectivity index (χ0n) is 11.8. The van der Waals surface area contributed by atoms with Crippen molar-refractivity contribution in [2.45, 2.75) is 27.0 Å². The number of carbonyl (C=O) groups excluding carboxylic acids is 1. The number of hydrogen-bond acceptors (Lipinski definition) is 2. The number of aliphatic hydroxyl groups excluding tert-OH is 1. The lowest BCUT2D eigenvalue weighted by Gasteiger charge is -2.19. The Morgan fingerprint density at radius 2 is 2.05 bits per heavy atom. The monoisotopic (exact) mass is 294 g/mol. The van der Waals surface area contributed by atoms with Crippen LogP contribution >= 0.6 is 11.6 Å². The van der Waals surface area contributed by atoms with Crippen molar-refractivity contribution in [3.05, 3.63) is 35.0 Å². The highest BCUT2D eigenvalue weighted by Crippen LogP contribution is 2.25. The van der Waals surface area contributed by atoms with Crippen molar-refractivity contribution in [1.82, 2.24) is 9.47 Å². The molecule has 1 heterocycles. The SMILES string of the molecule is CCN(CC)C(=O)Cn1cc(CO)c2ccc(Cl)cc21. The van der Waals surface area contributed by atoms with E-state index in [9.17, 15) is 9.90 Å². The predicted octanol–water partition coefficient (Wildman–Crippen LogP) is 2.66. The molecule has 1 aromatic carbocycles. The molecule has 2 aromatic rings. The summed E-state index contributed by atoms with van der Waals surface area (Å²) in [7, 11) is 0. The fraction of sp³-hybridized carbons (Fsp3) is 0.400. The predicted molar refractivity (Wildman–Crippen MR) is 80.8 cm³/mol. The number of halogens is 1. The Bertz CT molecular complexity index is 618. The van der Waals surface area contributed by atoms with Gasteiger partial charge in [-0.15, -0.1) is 0 Å². The van der Waals surface area contributed by atoms with Crippen LogP contribution in [0, 0.1) is 0 Å². The minimum absolute atomic E-state index is 0.0510. The molecule has 1 amide bonds. The Balaban J connectivity index is 2.39. The largest absolute Gasteiger partial charge is 0.392 e. The van der Waals surface area contributed by atoms with Gasteiger partial charge in [-0.05, 0) is 26.0 Å². The molecule has 1 N–H and O–H groups in total. The molecule has 0 fully saturated rings. The molecule has 0 aliphatic heterocycles. The third-order valence-electron chi connectivity index (χ3n) is 3.52. The third kappa shape index (κ3) is 2.81. The molecule has 0 radical (unpaired) electrons. The molecule has 0 atom stereocenters. The summed E-state index contributed by atoms with van der Waals surface area (Å²) in [5.74, 6) is 0.0661. The molecule has 108 valence electrons. The molecular formula is C15H19ClN2O2. The van der Waals surface area contributed by atoms with E-state index in [1.165, 1.54) is 0 Å². The van der Waals surface area contributed by atoms with Crippen LogP contribution in [0.3, 0.4) is 0 Å². The second-order valence-electron chi connectivity index (χ2n) is 4.67. The first-order valence-electron chi connectivity index (χ1n) is 6.76. The minimum Gasteiger partial charge on any atom is -0.392 e. The van der Waals surface area contributed by atoms with Gasteiger partial charge in [0.05, 0.1) is 12.1 Å². The van der Waals surface area contributed by atoms with Gasteiger partial charge in [-0.3, -0.25) is 4.79 Å². The summed E-state index contributed by atoms with van der Waals surface area (Å²) in [4.78, 5) is 14.0. The van der Waals surface area contributed by atoms with Crippen LogP contribution in [-0.4, -0.2) is 33.6 Å². The van der Waals surface area contributed by atoms with Crippen LogP contribution in [0.4, 0.5) is 0 Å². The Labute approximate surface area is 123 Å². The number of likely N-dealkylation sites (N-methyl/N-ethyl adjacent to an activating group) is 1. The van der Waals surface area contributed by atoms with Crippen molar-refractivity contribution in [2.24, 2.45) is 0 Å². The first kappa shape index (κ1) is 14.9. The maximum Gasteiger partial charge on any atom is 0.242 e. The highest BCUT2D eigenvalue weighted by atomic mass is 35.5. The number of hydrogen-bond donors (Lipinski definition) is 1. The molecule has 1 aromatic heterocycles. The summed E-state index contributed by atoms with van der Waals surface area (Å²) in [6.45, 7) is 5.53. The van der Waals surface area contributed by atoms with Gasteiger partial charge < -0.3 is 14.6 Å². The number of rotatable bonds is 5. The van der Waals surface area contributed by atoms with Crippen molar-refractivity contribution in [3.8, 4) is 0 Å². The highest BCUT2D eigenvalue weighted by molar-refractivity contribution is 6.31. The van der Waals surface area contributed by atoms with Gasteiger partial charge in [0.2, 0.25) is 5.91 Å². The Morgan fingerprint density at radius 1 is 1.35 bits per heavy atom. The number of aromatic nitrogens is 1. The number of fused-ring (bicyclic) bond motifs is 1. The van der Waals surface area contributed by atoms with E-state index in [0.29, 0.717) is 18.1 Å². The summed E-state index contributed by atoms with van der Waals surface area (Å²) < 4.78 is 1.85. The Kier molecular flexibility index (Phi) is 4.68. The van der Waals surface area contributed by atoms with Gasteiger partial charge >= 0.3 is 0 Å². The standard InChI is InChI=1S/C15H19ClN2O2/c1-3-17(4-2)15(20)9-18-8-11(10-19)13-6-5-12(16)7-14(13)18/h5-8,19H,3-4,9-10H2,1-2H3. The lowest BCUT2D eigenvalue weighted by molar-refractivity contribution is -0.131. The van der Waals surface area contributed by atoms with Crippen LogP contribution in [0.1, 0.15) is 19.4 Å². The van der Waals surface area contributed by atoms with Crippen LogP contribution in [0.2, 0.25) is 5.02 Å². The van der Waals surface area contributed by atoms with Crippen LogP contribution in [0.25, 0.3) is 10.9 Å². The average molecular weight is 295 g/mol. The number of aliphatic hydroxyl groups is 1. The van der Waals surface area contributed by atoms with Gasteiger partial charge in [-0.2, -0.15) is 0 Å². The zero-order chi connectivity index (χ0) is 14.7. The number of benzene rings is 1. The van der Waals surface area contributed by atoms with Crippen LogP contribution in [0.5, 0.6) is 0 Å². The summed E-state index contributed by atoms with van der Waals surface area (Å²) in [5.41, 5.74) is 1.69. The van der Waals surface area contributed by atoms with Gasteiger partial charge in [-0.1, -0.05) is 17.7 Å². The second-order valence-corrected chi connectivity index (χ2v) is 5.10. The summed E-state index contributed by atoms with van der Waals surface area (Å²) >= 11 is 6.03. The molecule has 4 nitrogen and oxygen atoms in total. The Morgan fingerprint density at radius 3 is 2.65 bits per heavy atom. The molecule has 0 saturated carbocycles. The normalized spacial score (nSPS) is 11.0. The number of amides is 1. The molecule has 0 aliphatic rings. The summed E-state index contributed by atoms with van der Waals surface area (Å²) in [6.07, 6.45) is 1.82. The quantitative estimate of drug-likeness (QED) is 0.921. The van der Waals surface area contributed by atoms with E-state index in [2.05, 4.69) is 0 Å². The van der Waals surface area contributed by atoms with Crippen LogP contribution < -0.4 is 0 Å². The van der Waals surface area contributed by atoms with Gasteiger partial charge in [0, 0.05) is 35.3 Å². The molecule has 0 saturated heterocycles. The number of carbonyl (C=O) groups is 1. The molecule has 2 rings (SSSR count). The first-order chi connectivity index (χ1) is 9.60. The fourth-order valence-corrected chi connectivity index (χ4v) is 2.59. The van der Waals surface area contributed by atoms with E-state index in [1.807, 2.05) is 36.7 Å². The maximum atomic E-state index is 12.2. The van der Waals surface area contributed by atoms with Gasteiger partial charge in [-0.25, -0.2) is 0 Å². The van der Waals surface area contributed by atoms with Crippen LogP contribution in [-0.2, 0) is 17.9 Å². The lowest BCUT2D eigenvalue weighted by Crippen LogP contribution is -2.33. The zero-order valence-corrected chi connectivity index (χ0v) is 12.5. The maximum absolute atomic E-state index is 12.2. The van der Waals surface area contributed by atoms with Gasteiger partial charge in [0.15, 0.2) is 0 Å². The van der Waals surface area contributed by atoms with E-state index < -0.39 is 0 Å².